The third-order valence-corrected chi connectivity index (χ3v) is 6.76. The minimum atomic E-state index is -0.202. The first-order valence-electron chi connectivity index (χ1n) is 9.93. The predicted molar refractivity (Wildman–Crippen MR) is 104 cm³/mol. The highest BCUT2D eigenvalue weighted by molar-refractivity contribution is 5.79. The molecule has 3 aliphatic rings. The molecule has 2 aromatic rings. The Morgan fingerprint density at radius 1 is 1.00 bits per heavy atom. The Bertz CT molecular complexity index is 816. The summed E-state index contributed by atoms with van der Waals surface area (Å²) in [5.41, 5.74) is 5.26. The third kappa shape index (κ3) is 2.83. The van der Waals surface area contributed by atoms with Crippen LogP contribution in [0.3, 0.4) is 0 Å². The Morgan fingerprint density at radius 2 is 1.56 bits per heavy atom. The van der Waals surface area contributed by atoms with E-state index in [1.807, 2.05) is 4.90 Å². The Kier molecular flexibility index (Phi) is 3.97. The van der Waals surface area contributed by atoms with Gasteiger partial charge in [0.2, 0.25) is 0 Å². The highest BCUT2D eigenvalue weighted by Gasteiger charge is 2.46. The number of hydrogen-bond acceptors (Lipinski definition) is 3. The van der Waals surface area contributed by atoms with Crippen LogP contribution in [0.25, 0.3) is 11.1 Å². The second-order valence-electron chi connectivity index (χ2n) is 8.35. The van der Waals surface area contributed by atoms with E-state index in [1.165, 1.54) is 22.3 Å². The standard InChI is InChI=1S/C23H25NO3/c25-16-13-23(14-16)9-11-24(12-10-23)22(26)27-15-21-19-7-3-1-5-17(19)18-6-2-4-8-20(18)21/h1-8,16,21,25H,9-15H2. The summed E-state index contributed by atoms with van der Waals surface area (Å²) in [6.07, 6.45) is 3.41. The van der Waals surface area contributed by atoms with Crippen LogP contribution in [0.2, 0.25) is 0 Å². The number of likely N-dealkylation sites (tertiary alicyclic amines) is 1. The van der Waals surface area contributed by atoms with Gasteiger partial charge in [0.1, 0.15) is 6.61 Å². The molecule has 0 radical (unpaired) electrons. The number of amides is 1. The van der Waals surface area contributed by atoms with Crippen molar-refractivity contribution in [2.45, 2.75) is 37.7 Å². The van der Waals surface area contributed by atoms with Crippen LogP contribution in [-0.2, 0) is 4.74 Å². The van der Waals surface area contributed by atoms with Crippen molar-refractivity contribution in [1.29, 1.82) is 0 Å². The fraction of sp³-hybridized carbons (Fsp3) is 0.435. The fourth-order valence-electron chi connectivity index (χ4n) is 5.20. The number of nitrogens with zero attached hydrogens (tertiary/aromatic N) is 1. The van der Waals surface area contributed by atoms with Crippen LogP contribution in [0.4, 0.5) is 4.79 Å². The topological polar surface area (TPSA) is 49.8 Å². The number of ether oxygens (including phenoxy) is 1. The number of hydrogen-bond donors (Lipinski definition) is 1. The molecule has 1 saturated heterocycles. The van der Waals surface area contributed by atoms with Crippen LogP contribution >= 0.6 is 0 Å². The lowest BCUT2D eigenvalue weighted by Gasteiger charge is -2.50. The van der Waals surface area contributed by atoms with E-state index in [0.717, 1.165) is 38.8 Å². The molecule has 1 amide bonds. The lowest BCUT2D eigenvalue weighted by Crippen LogP contribution is -2.50. The molecule has 1 heterocycles. The molecule has 2 fully saturated rings. The van der Waals surface area contributed by atoms with E-state index in [2.05, 4.69) is 48.5 Å². The highest BCUT2D eigenvalue weighted by atomic mass is 16.6. The maximum atomic E-state index is 12.6. The number of benzene rings is 2. The van der Waals surface area contributed by atoms with Crippen LogP contribution in [0.15, 0.2) is 48.5 Å². The molecule has 4 nitrogen and oxygen atoms in total. The number of aliphatic hydroxyl groups excluding tert-OH is 1. The van der Waals surface area contributed by atoms with Gasteiger partial charge in [-0.2, -0.15) is 0 Å². The maximum absolute atomic E-state index is 12.6. The van der Waals surface area contributed by atoms with Gasteiger partial charge >= 0.3 is 6.09 Å². The van der Waals surface area contributed by atoms with Crippen molar-refractivity contribution in [3.8, 4) is 11.1 Å². The Labute approximate surface area is 159 Å². The van der Waals surface area contributed by atoms with Crippen LogP contribution in [-0.4, -0.2) is 41.9 Å². The monoisotopic (exact) mass is 363 g/mol. The third-order valence-electron chi connectivity index (χ3n) is 6.76. The summed E-state index contributed by atoms with van der Waals surface area (Å²) in [7, 11) is 0. The summed E-state index contributed by atoms with van der Waals surface area (Å²) in [4.78, 5) is 14.5. The highest BCUT2D eigenvalue weighted by Crippen LogP contribution is 2.49. The second-order valence-corrected chi connectivity index (χ2v) is 8.35. The SMILES string of the molecule is O=C(OCC1c2ccccc2-c2ccccc21)N1CCC2(CC1)CC(O)C2. The van der Waals surface area contributed by atoms with Gasteiger partial charge in [-0.1, -0.05) is 48.5 Å². The summed E-state index contributed by atoms with van der Waals surface area (Å²) in [6.45, 7) is 1.86. The molecule has 2 aromatic carbocycles. The van der Waals surface area contributed by atoms with Crippen molar-refractivity contribution in [2.24, 2.45) is 5.41 Å². The van der Waals surface area contributed by atoms with Crippen molar-refractivity contribution >= 4 is 6.09 Å². The number of carbonyl (C=O) groups excluding carboxylic acids is 1. The number of fused-ring (bicyclic) bond motifs is 3. The van der Waals surface area contributed by atoms with E-state index in [4.69, 9.17) is 4.74 Å². The zero-order valence-corrected chi connectivity index (χ0v) is 15.4. The summed E-state index contributed by atoms with van der Waals surface area (Å²) in [6, 6.07) is 16.8. The van der Waals surface area contributed by atoms with Crippen molar-refractivity contribution in [1.82, 2.24) is 4.90 Å². The van der Waals surface area contributed by atoms with Crippen LogP contribution in [0, 0.1) is 5.41 Å². The van der Waals surface area contributed by atoms with E-state index < -0.39 is 0 Å². The number of rotatable bonds is 2. The van der Waals surface area contributed by atoms with Gasteiger partial charge in [-0.3, -0.25) is 0 Å². The Hall–Kier alpha value is -2.33. The van der Waals surface area contributed by atoms with Crippen molar-refractivity contribution in [3.63, 3.8) is 0 Å². The van der Waals surface area contributed by atoms with Crippen molar-refractivity contribution < 1.29 is 14.6 Å². The van der Waals surface area contributed by atoms with Gasteiger partial charge in [-0.25, -0.2) is 4.79 Å². The number of aliphatic hydroxyl groups is 1. The number of piperidine rings is 1. The van der Waals surface area contributed by atoms with Gasteiger partial charge in [-0.15, -0.1) is 0 Å². The van der Waals surface area contributed by atoms with E-state index in [0.29, 0.717) is 6.61 Å². The maximum Gasteiger partial charge on any atom is 0.409 e. The first kappa shape index (κ1) is 16.8. The molecule has 2 aliphatic carbocycles. The van der Waals surface area contributed by atoms with E-state index >= 15 is 0 Å². The van der Waals surface area contributed by atoms with E-state index in [-0.39, 0.29) is 23.5 Å². The first-order valence-corrected chi connectivity index (χ1v) is 9.93. The molecule has 0 atom stereocenters. The van der Waals surface area contributed by atoms with Gasteiger partial charge in [0, 0.05) is 19.0 Å². The Balaban J connectivity index is 1.25. The molecule has 0 bridgehead atoms. The largest absolute Gasteiger partial charge is 0.448 e. The average Bonchev–Trinajstić information content (AvgIpc) is 3.00. The van der Waals surface area contributed by atoms with Crippen molar-refractivity contribution in [2.75, 3.05) is 19.7 Å². The van der Waals surface area contributed by atoms with Gasteiger partial charge in [0.05, 0.1) is 6.10 Å². The van der Waals surface area contributed by atoms with E-state index in [1.54, 1.807) is 0 Å². The summed E-state index contributed by atoms with van der Waals surface area (Å²) < 4.78 is 5.76. The quantitative estimate of drug-likeness (QED) is 0.871. The Morgan fingerprint density at radius 3 is 2.11 bits per heavy atom. The molecule has 1 N–H and O–H groups in total. The lowest BCUT2D eigenvalue weighted by atomic mass is 9.61. The van der Waals surface area contributed by atoms with Gasteiger partial charge < -0.3 is 14.7 Å². The van der Waals surface area contributed by atoms with Gasteiger partial charge in [0.15, 0.2) is 0 Å². The molecule has 1 saturated carbocycles. The average molecular weight is 363 g/mol. The zero-order chi connectivity index (χ0) is 18.4. The normalized spacial score (nSPS) is 20.9. The molecule has 1 aliphatic heterocycles. The molecule has 140 valence electrons. The molecule has 0 aromatic heterocycles. The summed E-state index contributed by atoms with van der Waals surface area (Å²) in [5.74, 6) is 0.110. The second kappa shape index (κ2) is 6.38. The molecular formula is C23H25NO3. The minimum absolute atomic E-state index is 0.110. The fourth-order valence-corrected chi connectivity index (χ4v) is 5.20. The lowest BCUT2D eigenvalue weighted by molar-refractivity contribution is -0.0658. The first-order chi connectivity index (χ1) is 13.2. The van der Waals surface area contributed by atoms with Crippen LogP contribution in [0.1, 0.15) is 42.7 Å². The number of carbonyl (C=O) groups is 1. The summed E-state index contributed by atoms with van der Waals surface area (Å²) >= 11 is 0. The molecule has 27 heavy (non-hydrogen) atoms. The van der Waals surface area contributed by atoms with E-state index in [9.17, 15) is 9.90 Å². The molecule has 0 unspecified atom stereocenters. The molecular weight excluding hydrogens is 338 g/mol. The summed E-state index contributed by atoms with van der Waals surface area (Å²) in [5, 5.41) is 9.60. The van der Waals surface area contributed by atoms with Crippen molar-refractivity contribution in [3.05, 3.63) is 59.7 Å². The molecule has 1 spiro atoms. The van der Waals surface area contributed by atoms with Gasteiger partial charge in [0.25, 0.3) is 0 Å². The van der Waals surface area contributed by atoms with Gasteiger partial charge in [-0.05, 0) is 53.4 Å². The molecule has 5 rings (SSSR count). The molecule has 4 heteroatoms. The van der Waals surface area contributed by atoms with Crippen LogP contribution < -0.4 is 0 Å². The van der Waals surface area contributed by atoms with Crippen LogP contribution in [0.5, 0.6) is 0 Å². The smallest absolute Gasteiger partial charge is 0.409 e. The minimum Gasteiger partial charge on any atom is -0.448 e. The zero-order valence-electron chi connectivity index (χ0n) is 15.4. The predicted octanol–water partition coefficient (Wildman–Crippen LogP) is 4.17.